The molecule has 0 saturated heterocycles. The van der Waals surface area contributed by atoms with Crippen LogP contribution in [0, 0.1) is 11.3 Å². The maximum absolute atomic E-state index is 11.2. The highest BCUT2D eigenvalue weighted by molar-refractivity contribution is 5.96. The van der Waals surface area contributed by atoms with Gasteiger partial charge in [0.25, 0.3) is 0 Å². The normalized spacial score (nSPS) is 12.2. The summed E-state index contributed by atoms with van der Waals surface area (Å²) in [6.45, 7) is 10.2. The average molecular weight is 564 g/mol. The molecule has 5 nitrogen and oxygen atoms in total. The standard InChI is InChI=1S/C38H34N4O/c1-24(2)26-19-27(21-28(20-26)33-18-25(23-39)16-17-40-33)31-12-9-13-34-36(31)41-37(42(34)30-10-7-6-8-11-30)32-22-29(38(3,4)5)14-15-35(32)43/h6-22,24,43H,1-5H3/i24D. The van der Waals surface area contributed by atoms with Crippen LogP contribution in [0.2, 0.25) is 0 Å². The first-order chi connectivity index (χ1) is 20.9. The quantitative estimate of drug-likeness (QED) is 0.227. The van der Waals surface area contributed by atoms with Gasteiger partial charge in [0, 0.05) is 24.4 Å². The number of phenols is 1. The molecule has 0 aliphatic carbocycles. The lowest BCUT2D eigenvalue weighted by Gasteiger charge is -2.20. The summed E-state index contributed by atoms with van der Waals surface area (Å²) < 4.78 is 11.0. The topological polar surface area (TPSA) is 74.7 Å². The zero-order chi connectivity index (χ0) is 31.2. The summed E-state index contributed by atoms with van der Waals surface area (Å²) in [6, 6.07) is 33.6. The maximum Gasteiger partial charge on any atom is 0.149 e. The number of hydrogen-bond donors (Lipinski definition) is 1. The zero-order valence-electron chi connectivity index (χ0n) is 26.1. The summed E-state index contributed by atoms with van der Waals surface area (Å²) in [7, 11) is 0. The van der Waals surface area contributed by atoms with Gasteiger partial charge in [0.05, 0.1) is 33.9 Å². The van der Waals surface area contributed by atoms with Crippen LogP contribution in [0.1, 0.15) is 58.6 Å². The van der Waals surface area contributed by atoms with Crippen molar-refractivity contribution >= 4 is 11.0 Å². The summed E-state index contributed by atoms with van der Waals surface area (Å²) in [5, 5.41) is 20.7. The van der Waals surface area contributed by atoms with Gasteiger partial charge in [-0.3, -0.25) is 9.55 Å². The summed E-state index contributed by atoms with van der Waals surface area (Å²) in [6.07, 6.45) is 1.64. The van der Waals surface area contributed by atoms with Gasteiger partial charge < -0.3 is 5.11 Å². The van der Waals surface area contributed by atoms with E-state index in [0.29, 0.717) is 22.6 Å². The molecule has 0 saturated carbocycles. The van der Waals surface area contributed by atoms with Gasteiger partial charge in [-0.25, -0.2) is 4.98 Å². The number of aromatic hydroxyl groups is 1. The molecular weight excluding hydrogens is 528 g/mol. The number of fused-ring (bicyclic) bond motifs is 1. The molecule has 212 valence electrons. The van der Waals surface area contributed by atoms with Gasteiger partial charge in [0.1, 0.15) is 11.6 Å². The molecule has 6 rings (SSSR count). The summed E-state index contributed by atoms with van der Waals surface area (Å²) >= 11 is 0. The number of phenolic OH excluding ortho intramolecular Hbond substituents is 1. The smallest absolute Gasteiger partial charge is 0.149 e. The third-order valence-electron chi connectivity index (χ3n) is 7.81. The number of benzene rings is 4. The van der Waals surface area contributed by atoms with E-state index in [0.717, 1.165) is 44.5 Å². The van der Waals surface area contributed by atoms with Crippen molar-refractivity contribution < 1.29 is 6.48 Å². The molecule has 0 aliphatic heterocycles. The zero-order valence-corrected chi connectivity index (χ0v) is 25.1. The highest BCUT2D eigenvalue weighted by Crippen LogP contribution is 2.40. The molecular formula is C38H34N4O. The van der Waals surface area contributed by atoms with Gasteiger partial charge in [-0.15, -0.1) is 0 Å². The lowest BCUT2D eigenvalue weighted by Crippen LogP contribution is -2.11. The Morgan fingerprint density at radius 1 is 0.860 bits per heavy atom. The van der Waals surface area contributed by atoms with Crippen molar-refractivity contribution in [1.29, 1.82) is 5.26 Å². The van der Waals surface area contributed by atoms with Crippen LogP contribution < -0.4 is 0 Å². The molecule has 0 spiro atoms. The van der Waals surface area contributed by atoms with Crippen LogP contribution in [0.5, 0.6) is 5.75 Å². The van der Waals surface area contributed by atoms with Gasteiger partial charge in [-0.2, -0.15) is 5.26 Å². The number of para-hydroxylation sites is 2. The third-order valence-corrected chi connectivity index (χ3v) is 7.81. The number of hydrogen-bond acceptors (Lipinski definition) is 4. The Labute approximate surface area is 254 Å². The first kappa shape index (κ1) is 26.7. The maximum atomic E-state index is 11.2. The number of nitrogens with zero attached hydrogens (tertiary/aromatic N) is 4. The van der Waals surface area contributed by atoms with Crippen molar-refractivity contribution in [3.8, 4) is 51.3 Å². The fraction of sp³-hybridized carbons (Fsp3) is 0.184. The van der Waals surface area contributed by atoms with Gasteiger partial charge in [0.15, 0.2) is 0 Å². The van der Waals surface area contributed by atoms with Crippen molar-refractivity contribution in [2.75, 3.05) is 0 Å². The second kappa shape index (κ2) is 10.9. The molecule has 0 bridgehead atoms. The van der Waals surface area contributed by atoms with Crippen molar-refractivity contribution in [3.05, 3.63) is 120 Å². The van der Waals surface area contributed by atoms with Crippen molar-refractivity contribution in [2.24, 2.45) is 0 Å². The van der Waals surface area contributed by atoms with E-state index < -0.39 is 5.89 Å². The minimum Gasteiger partial charge on any atom is -0.507 e. The second-order valence-corrected chi connectivity index (χ2v) is 12.1. The average Bonchev–Trinajstić information content (AvgIpc) is 3.40. The van der Waals surface area contributed by atoms with Gasteiger partial charge in [-0.05, 0) is 82.6 Å². The van der Waals surface area contributed by atoms with E-state index in [4.69, 9.17) is 6.35 Å². The minimum atomic E-state index is -0.876. The molecule has 0 fully saturated rings. The minimum absolute atomic E-state index is 0.117. The number of aromatic nitrogens is 3. The molecule has 0 aliphatic rings. The van der Waals surface area contributed by atoms with Crippen LogP contribution in [-0.4, -0.2) is 19.6 Å². The van der Waals surface area contributed by atoms with E-state index in [1.807, 2.05) is 92.7 Å². The molecule has 0 unspecified atom stereocenters. The van der Waals surface area contributed by atoms with E-state index in [1.165, 1.54) is 0 Å². The van der Waals surface area contributed by atoms with Crippen LogP contribution in [0.3, 0.4) is 0 Å². The number of rotatable bonds is 5. The van der Waals surface area contributed by atoms with E-state index in [2.05, 4.69) is 36.4 Å². The summed E-state index contributed by atoms with van der Waals surface area (Å²) in [5.41, 5.74) is 8.87. The molecule has 43 heavy (non-hydrogen) atoms. The van der Waals surface area contributed by atoms with Crippen LogP contribution in [0.15, 0.2) is 103 Å². The van der Waals surface area contributed by atoms with E-state index in [1.54, 1.807) is 24.4 Å². The van der Waals surface area contributed by atoms with Crippen molar-refractivity contribution in [3.63, 3.8) is 0 Å². The first-order valence-corrected chi connectivity index (χ1v) is 14.4. The van der Waals surface area contributed by atoms with Gasteiger partial charge >= 0.3 is 0 Å². The Kier molecular flexibility index (Phi) is 6.75. The van der Waals surface area contributed by atoms with Gasteiger partial charge in [-0.1, -0.05) is 77.1 Å². The van der Waals surface area contributed by atoms with Crippen molar-refractivity contribution in [2.45, 2.75) is 45.9 Å². The van der Waals surface area contributed by atoms with Crippen LogP contribution in [0.25, 0.3) is 50.5 Å². The van der Waals surface area contributed by atoms with Crippen molar-refractivity contribution in [1.82, 2.24) is 14.5 Å². The number of imidazole rings is 1. The molecule has 4 aromatic carbocycles. The number of nitriles is 1. The predicted octanol–water partition coefficient (Wildman–Crippen LogP) is 9.42. The van der Waals surface area contributed by atoms with Crippen LogP contribution in [0.4, 0.5) is 0 Å². The Balaban J connectivity index is 1.66. The molecule has 1 N–H and O–H groups in total. The molecule has 5 heteroatoms. The van der Waals surface area contributed by atoms with E-state index in [9.17, 15) is 10.4 Å². The fourth-order valence-electron chi connectivity index (χ4n) is 5.41. The Morgan fingerprint density at radius 3 is 2.35 bits per heavy atom. The highest BCUT2D eigenvalue weighted by Gasteiger charge is 2.23. The van der Waals surface area contributed by atoms with Crippen LogP contribution in [-0.2, 0) is 5.41 Å². The molecule has 2 heterocycles. The predicted molar refractivity (Wildman–Crippen MR) is 174 cm³/mol. The molecule has 0 atom stereocenters. The molecule has 0 amide bonds. The monoisotopic (exact) mass is 563 g/mol. The first-order valence-electron chi connectivity index (χ1n) is 14.9. The highest BCUT2D eigenvalue weighted by atomic mass is 16.3. The summed E-state index contributed by atoms with van der Waals surface area (Å²) in [4.78, 5) is 9.79. The van der Waals surface area contributed by atoms with E-state index in [-0.39, 0.29) is 11.2 Å². The number of pyridine rings is 1. The third kappa shape index (κ3) is 5.29. The molecule has 2 aromatic heterocycles. The van der Waals surface area contributed by atoms with Crippen LogP contribution >= 0.6 is 0 Å². The van der Waals surface area contributed by atoms with E-state index >= 15 is 0 Å². The fourth-order valence-corrected chi connectivity index (χ4v) is 5.41. The Bertz CT molecular complexity index is 2060. The lowest BCUT2D eigenvalue weighted by molar-refractivity contribution is 0.475. The second-order valence-electron chi connectivity index (χ2n) is 12.1. The van der Waals surface area contributed by atoms with Gasteiger partial charge in [0.2, 0.25) is 0 Å². The molecule has 6 aromatic rings. The largest absolute Gasteiger partial charge is 0.507 e. The Morgan fingerprint density at radius 2 is 1.63 bits per heavy atom. The summed E-state index contributed by atoms with van der Waals surface area (Å²) in [5.74, 6) is -0.0715. The lowest BCUT2D eigenvalue weighted by atomic mass is 9.86. The Hall–Kier alpha value is -5.21. The molecule has 0 radical (unpaired) electrons. The SMILES string of the molecule is [2H]C(C)(C)c1cc(-c2cc(C#N)ccn2)cc(-c2cccc3c2nc(-c2cc(C(C)(C)C)ccc2O)n3-c2ccccc2)c1.